The van der Waals surface area contributed by atoms with Gasteiger partial charge in [0, 0.05) is 19.6 Å². The number of carbonyl (C=O) groups is 1. The van der Waals surface area contributed by atoms with E-state index in [0.29, 0.717) is 4.90 Å². The van der Waals surface area contributed by atoms with Crippen LogP contribution in [-0.2, 0) is 4.79 Å². The lowest BCUT2D eigenvalue weighted by Gasteiger charge is -2.29. The first kappa shape index (κ1) is 17.0. The highest BCUT2D eigenvalue weighted by Crippen LogP contribution is 2.40. The SMILES string of the molecule is CCCN(CCN)C(=O)C(C(F)(F)F)C(F)(F)F. The largest absolute Gasteiger partial charge is 0.409 e. The lowest BCUT2D eigenvalue weighted by molar-refractivity contribution is -0.277. The Morgan fingerprint density at radius 2 is 1.56 bits per heavy atom. The number of alkyl halides is 6. The van der Waals surface area contributed by atoms with E-state index < -0.39 is 24.2 Å². The maximum absolute atomic E-state index is 12.3. The Morgan fingerprint density at radius 1 is 1.11 bits per heavy atom. The van der Waals surface area contributed by atoms with Crippen molar-refractivity contribution in [3.8, 4) is 0 Å². The minimum Gasteiger partial charge on any atom is -0.341 e. The predicted molar refractivity (Wildman–Crippen MR) is 51.5 cm³/mol. The molecule has 18 heavy (non-hydrogen) atoms. The van der Waals surface area contributed by atoms with Gasteiger partial charge in [-0.2, -0.15) is 26.3 Å². The van der Waals surface area contributed by atoms with Crippen LogP contribution in [0.15, 0.2) is 0 Å². The summed E-state index contributed by atoms with van der Waals surface area (Å²) < 4.78 is 73.9. The van der Waals surface area contributed by atoms with Gasteiger partial charge in [0.05, 0.1) is 0 Å². The second kappa shape index (κ2) is 6.26. The van der Waals surface area contributed by atoms with Gasteiger partial charge in [-0.25, -0.2) is 0 Å². The van der Waals surface area contributed by atoms with Gasteiger partial charge in [0.2, 0.25) is 11.8 Å². The molecule has 0 aromatic rings. The number of halogens is 6. The van der Waals surface area contributed by atoms with E-state index in [4.69, 9.17) is 5.73 Å². The van der Waals surface area contributed by atoms with Gasteiger partial charge in [0.15, 0.2) is 0 Å². The molecular formula is C9H14F6N2O. The molecule has 1 amide bonds. The van der Waals surface area contributed by atoms with E-state index in [1.54, 1.807) is 0 Å². The number of rotatable bonds is 5. The average molecular weight is 280 g/mol. The first-order valence-electron chi connectivity index (χ1n) is 5.18. The topological polar surface area (TPSA) is 46.3 Å². The molecule has 0 aromatic heterocycles. The van der Waals surface area contributed by atoms with Gasteiger partial charge in [0.1, 0.15) is 0 Å². The molecule has 0 rings (SSSR count). The summed E-state index contributed by atoms with van der Waals surface area (Å²) in [7, 11) is 0. The number of amides is 1. The highest BCUT2D eigenvalue weighted by atomic mass is 19.4. The standard InChI is InChI=1S/C9H14F6N2O/c1-2-4-17(5-3-16)7(18)6(8(10,11)12)9(13,14)15/h6H,2-5,16H2,1H3. The zero-order valence-corrected chi connectivity index (χ0v) is 9.61. The monoisotopic (exact) mass is 280 g/mol. The smallest absolute Gasteiger partial charge is 0.341 e. The predicted octanol–water partition coefficient (Wildman–Crippen LogP) is 1.92. The molecule has 0 unspecified atom stereocenters. The molecule has 0 saturated carbocycles. The molecule has 0 radical (unpaired) electrons. The Morgan fingerprint density at radius 3 is 1.83 bits per heavy atom. The summed E-state index contributed by atoms with van der Waals surface area (Å²) in [5, 5.41) is 0. The third kappa shape index (κ3) is 4.71. The highest BCUT2D eigenvalue weighted by Gasteiger charge is 2.61. The molecule has 9 heteroatoms. The van der Waals surface area contributed by atoms with Crippen molar-refractivity contribution in [2.75, 3.05) is 19.6 Å². The van der Waals surface area contributed by atoms with Gasteiger partial charge in [-0.05, 0) is 6.42 Å². The quantitative estimate of drug-likeness (QED) is 0.782. The lowest BCUT2D eigenvalue weighted by Crippen LogP contribution is -2.50. The number of carbonyl (C=O) groups excluding carboxylic acids is 1. The first-order valence-corrected chi connectivity index (χ1v) is 5.18. The van der Waals surface area contributed by atoms with Gasteiger partial charge >= 0.3 is 12.4 Å². The van der Waals surface area contributed by atoms with Crippen LogP contribution in [0.25, 0.3) is 0 Å². The minimum atomic E-state index is -5.66. The Bertz CT molecular complexity index is 255. The molecule has 0 aliphatic carbocycles. The summed E-state index contributed by atoms with van der Waals surface area (Å²) in [5.41, 5.74) is 5.06. The third-order valence-electron chi connectivity index (χ3n) is 2.11. The summed E-state index contributed by atoms with van der Waals surface area (Å²) >= 11 is 0. The van der Waals surface area contributed by atoms with Crippen molar-refractivity contribution in [3.05, 3.63) is 0 Å². The van der Waals surface area contributed by atoms with Crippen molar-refractivity contribution in [3.63, 3.8) is 0 Å². The Balaban J connectivity index is 5.17. The summed E-state index contributed by atoms with van der Waals surface area (Å²) in [6.07, 6.45) is -11.1. The van der Waals surface area contributed by atoms with Crippen molar-refractivity contribution in [1.82, 2.24) is 4.90 Å². The van der Waals surface area contributed by atoms with Crippen molar-refractivity contribution in [2.45, 2.75) is 25.7 Å². The molecular weight excluding hydrogens is 266 g/mol. The molecule has 0 spiro atoms. The van der Waals surface area contributed by atoms with Gasteiger partial charge in [-0.3, -0.25) is 4.79 Å². The van der Waals surface area contributed by atoms with Crippen LogP contribution in [0.3, 0.4) is 0 Å². The van der Waals surface area contributed by atoms with E-state index in [2.05, 4.69) is 0 Å². The Hall–Kier alpha value is -0.990. The Labute approximate surface area is 99.9 Å². The molecule has 3 nitrogen and oxygen atoms in total. The van der Waals surface area contributed by atoms with E-state index in [-0.39, 0.29) is 26.1 Å². The molecule has 0 bridgehead atoms. The number of hydrogen-bond acceptors (Lipinski definition) is 2. The van der Waals surface area contributed by atoms with Crippen molar-refractivity contribution in [2.24, 2.45) is 11.7 Å². The van der Waals surface area contributed by atoms with Gasteiger partial charge in [0.25, 0.3) is 0 Å². The maximum Gasteiger partial charge on any atom is 0.409 e. The van der Waals surface area contributed by atoms with Crippen LogP contribution < -0.4 is 5.73 Å². The first-order chi connectivity index (χ1) is 8.05. The van der Waals surface area contributed by atoms with Gasteiger partial charge < -0.3 is 10.6 Å². The van der Waals surface area contributed by atoms with E-state index in [9.17, 15) is 31.1 Å². The lowest BCUT2D eigenvalue weighted by atomic mass is 10.1. The van der Waals surface area contributed by atoms with Crippen LogP contribution in [0.2, 0.25) is 0 Å². The average Bonchev–Trinajstić information content (AvgIpc) is 2.12. The highest BCUT2D eigenvalue weighted by molar-refractivity contribution is 5.80. The fourth-order valence-corrected chi connectivity index (χ4v) is 1.41. The van der Waals surface area contributed by atoms with Crippen LogP contribution in [0.4, 0.5) is 26.3 Å². The van der Waals surface area contributed by atoms with E-state index >= 15 is 0 Å². The summed E-state index contributed by atoms with van der Waals surface area (Å²) in [5.74, 6) is -5.98. The van der Waals surface area contributed by atoms with Crippen LogP contribution in [-0.4, -0.2) is 42.8 Å². The molecule has 0 heterocycles. The van der Waals surface area contributed by atoms with Gasteiger partial charge in [-0.1, -0.05) is 6.92 Å². The molecule has 2 N–H and O–H groups in total. The normalized spacial score (nSPS) is 12.9. The molecule has 0 atom stereocenters. The fourth-order valence-electron chi connectivity index (χ4n) is 1.41. The second-order valence-electron chi connectivity index (χ2n) is 3.63. The Kier molecular flexibility index (Phi) is 5.91. The van der Waals surface area contributed by atoms with Crippen LogP contribution in [0.1, 0.15) is 13.3 Å². The molecule has 0 aromatic carbocycles. The number of nitrogens with two attached hydrogens (primary N) is 1. The molecule has 108 valence electrons. The van der Waals surface area contributed by atoms with Crippen molar-refractivity contribution in [1.29, 1.82) is 0 Å². The maximum atomic E-state index is 12.3. The van der Waals surface area contributed by atoms with E-state index in [0.717, 1.165) is 0 Å². The number of nitrogens with zero attached hydrogens (tertiary/aromatic N) is 1. The molecule has 0 saturated heterocycles. The summed E-state index contributed by atoms with van der Waals surface area (Å²) in [6, 6.07) is 0. The van der Waals surface area contributed by atoms with Crippen LogP contribution in [0, 0.1) is 5.92 Å². The third-order valence-corrected chi connectivity index (χ3v) is 2.11. The van der Waals surface area contributed by atoms with Crippen LogP contribution >= 0.6 is 0 Å². The summed E-state index contributed by atoms with van der Waals surface area (Å²) in [4.78, 5) is 11.8. The van der Waals surface area contributed by atoms with Crippen molar-refractivity contribution >= 4 is 5.91 Å². The van der Waals surface area contributed by atoms with Crippen molar-refractivity contribution < 1.29 is 31.1 Å². The summed E-state index contributed by atoms with van der Waals surface area (Å²) in [6.45, 7) is 0.801. The molecule has 0 aliphatic rings. The zero-order chi connectivity index (χ0) is 14.6. The minimum absolute atomic E-state index is 0.196. The molecule has 0 aliphatic heterocycles. The second-order valence-corrected chi connectivity index (χ2v) is 3.63. The van der Waals surface area contributed by atoms with Crippen LogP contribution in [0.5, 0.6) is 0 Å². The van der Waals surface area contributed by atoms with E-state index in [1.165, 1.54) is 6.92 Å². The zero-order valence-electron chi connectivity index (χ0n) is 9.61. The van der Waals surface area contributed by atoms with E-state index in [1.807, 2.05) is 0 Å². The fraction of sp³-hybridized carbons (Fsp3) is 0.889. The number of hydrogen-bond donors (Lipinski definition) is 1. The molecule has 0 fully saturated rings. The van der Waals surface area contributed by atoms with Gasteiger partial charge in [-0.15, -0.1) is 0 Å².